The fraction of sp³-hybridized carbons (Fsp3) is 0. The zero-order valence-electron chi connectivity index (χ0n) is 8.54. The molecule has 0 unspecified atom stereocenters. The molecule has 0 atom stereocenters. The van der Waals surface area contributed by atoms with Crippen molar-refractivity contribution < 1.29 is 17.8 Å². The molecule has 0 aliphatic carbocycles. The Balaban J connectivity index is 0.000000281. The van der Waals surface area contributed by atoms with E-state index >= 15 is 0 Å². The van der Waals surface area contributed by atoms with Crippen LogP contribution in [0.5, 0.6) is 0 Å². The lowest BCUT2D eigenvalue weighted by atomic mass is 10.2. The average molecular weight is 240 g/mol. The van der Waals surface area contributed by atoms with Gasteiger partial charge in [-0.2, -0.15) is 8.42 Å². The normalized spacial score (nSPS) is 9.56. The number of hydrogen-bond acceptors (Lipinski definition) is 3. The first kappa shape index (κ1) is 14.3. The van der Waals surface area contributed by atoms with Crippen LogP contribution in [-0.4, -0.2) is 18.1 Å². The second-order valence-electron chi connectivity index (χ2n) is 2.61. The molecule has 0 bridgehead atoms. The molecule has 0 aliphatic heterocycles. The molecule has 5 heteroatoms. The van der Waals surface area contributed by atoms with Crippen molar-refractivity contribution in [1.82, 2.24) is 0 Å². The Bertz CT molecular complexity index is 460. The van der Waals surface area contributed by atoms with Crippen LogP contribution in [0.25, 0.3) is 6.08 Å². The Hall–Kier alpha value is -1.72. The van der Waals surface area contributed by atoms with Gasteiger partial charge in [0.1, 0.15) is 0 Å². The summed E-state index contributed by atoms with van der Waals surface area (Å²) < 4.78 is 27.2. The summed E-state index contributed by atoms with van der Waals surface area (Å²) in [5.74, 6) is 0. The van der Waals surface area contributed by atoms with Gasteiger partial charge in [-0.25, -0.2) is 0 Å². The summed E-state index contributed by atoms with van der Waals surface area (Å²) in [4.78, 5) is 9.88. The standard InChI is InChI=1S/C8H8.C3H4O4S/c1-2-8-6-4-3-5-7-8;1-2-3(4)8(5,6)7/h2-7H,1H2;2H,1H2,(H,5,6,7). The van der Waals surface area contributed by atoms with E-state index in [0.717, 1.165) is 0 Å². The van der Waals surface area contributed by atoms with Gasteiger partial charge in [-0.3, -0.25) is 9.35 Å². The highest BCUT2D eigenvalue weighted by molar-refractivity contribution is 8.01. The lowest BCUT2D eigenvalue weighted by Crippen LogP contribution is -2.08. The predicted octanol–water partition coefficient (Wildman–Crippen LogP) is 1.92. The molecule has 4 nitrogen and oxygen atoms in total. The van der Waals surface area contributed by atoms with E-state index in [2.05, 4.69) is 13.2 Å². The minimum Gasteiger partial charge on any atom is -0.279 e. The Kier molecular flexibility index (Phi) is 5.99. The van der Waals surface area contributed by atoms with Crippen LogP contribution < -0.4 is 0 Å². The summed E-state index contributed by atoms with van der Waals surface area (Å²) in [6, 6.07) is 10.0. The molecule has 0 spiro atoms. The van der Waals surface area contributed by atoms with Gasteiger partial charge in [0.05, 0.1) is 0 Å². The number of rotatable bonds is 2. The summed E-state index contributed by atoms with van der Waals surface area (Å²) in [5, 5.41) is -1.38. The van der Waals surface area contributed by atoms with E-state index in [1.54, 1.807) is 0 Å². The molecular weight excluding hydrogens is 228 g/mol. The zero-order valence-corrected chi connectivity index (χ0v) is 9.35. The third kappa shape index (κ3) is 5.90. The van der Waals surface area contributed by atoms with Crippen LogP contribution in [0.2, 0.25) is 0 Å². The van der Waals surface area contributed by atoms with Gasteiger partial charge in [0.15, 0.2) is 0 Å². The van der Waals surface area contributed by atoms with Crippen LogP contribution in [-0.2, 0) is 14.9 Å². The van der Waals surface area contributed by atoms with E-state index in [0.29, 0.717) is 6.08 Å². The van der Waals surface area contributed by atoms with Crippen molar-refractivity contribution in [3.8, 4) is 0 Å². The second-order valence-corrected chi connectivity index (χ2v) is 3.97. The highest BCUT2D eigenvalue weighted by Gasteiger charge is 2.11. The third-order valence-corrected chi connectivity index (χ3v) is 2.13. The molecule has 0 saturated heterocycles. The van der Waals surface area contributed by atoms with Crippen molar-refractivity contribution in [3.05, 3.63) is 55.1 Å². The molecule has 0 radical (unpaired) electrons. The Morgan fingerprint density at radius 1 is 1.19 bits per heavy atom. The highest BCUT2D eigenvalue weighted by Crippen LogP contribution is 1.97. The molecule has 0 aliphatic rings. The maximum Gasteiger partial charge on any atom is 0.332 e. The lowest BCUT2D eigenvalue weighted by Gasteiger charge is -1.85. The monoisotopic (exact) mass is 240 g/mol. The number of carbonyl (C=O) groups is 1. The second kappa shape index (κ2) is 6.71. The molecule has 0 amide bonds. The zero-order chi connectivity index (χ0) is 12.6. The van der Waals surface area contributed by atoms with Gasteiger partial charge in [-0.05, 0) is 11.6 Å². The van der Waals surface area contributed by atoms with Gasteiger partial charge >= 0.3 is 10.1 Å². The first-order chi connectivity index (χ1) is 7.41. The molecule has 0 fully saturated rings. The van der Waals surface area contributed by atoms with E-state index in [4.69, 9.17) is 4.55 Å². The predicted molar refractivity (Wildman–Crippen MR) is 63.3 cm³/mol. The van der Waals surface area contributed by atoms with Gasteiger partial charge in [0, 0.05) is 0 Å². The molecule has 86 valence electrons. The molecule has 1 N–H and O–H groups in total. The number of hydrogen-bond donors (Lipinski definition) is 1. The smallest absolute Gasteiger partial charge is 0.279 e. The largest absolute Gasteiger partial charge is 0.332 e. The summed E-state index contributed by atoms with van der Waals surface area (Å²) >= 11 is 0. The van der Waals surface area contributed by atoms with E-state index in [1.807, 2.05) is 36.4 Å². The maximum atomic E-state index is 9.88. The van der Waals surface area contributed by atoms with Crippen LogP contribution in [0, 0.1) is 0 Å². The molecule has 16 heavy (non-hydrogen) atoms. The van der Waals surface area contributed by atoms with E-state index in [-0.39, 0.29) is 0 Å². The average Bonchev–Trinajstić information content (AvgIpc) is 2.28. The van der Waals surface area contributed by atoms with Gasteiger partial charge in [-0.15, -0.1) is 0 Å². The van der Waals surface area contributed by atoms with Crippen LogP contribution in [0.15, 0.2) is 49.6 Å². The molecule has 1 aromatic carbocycles. The highest BCUT2D eigenvalue weighted by atomic mass is 32.2. The quantitative estimate of drug-likeness (QED) is 0.633. The van der Waals surface area contributed by atoms with Gasteiger partial charge in [-0.1, -0.05) is 49.6 Å². The fourth-order valence-electron chi connectivity index (χ4n) is 0.694. The molecule has 1 aromatic rings. The Morgan fingerprint density at radius 2 is 1.69 bits per heavy atom. The first-order valence-corrected chi connectivity index (χ1v) is 5.67. The van der Waals surface area contributed by atoms with Crippen LogP contribution in [0.4, 0.5) is 0 Å². The maximum absolute atomic E-state index is 9.88. The summed E-state index contributed by atoms with van der Waals surface area (Å²) in [6.07, 6.45) is 2.36. The Labute approximate surface area is 94.7 Å². The van der Waals surface area contributed by atoms with Crippen molar-refractivity contribution in [2.75, 3.05) is 0 Å². The third-order valence-electron chi connectivity index (χ3n) is 1.46. The van der Waals surface area contributed by atoms with E-state index < -0.39 is 15.2 Å². The SMILES string of the molecule is C=CC(=O)S(=O)(=O)O.C=Cc1ccccc1. The molecule has 1 rings (SSSR count). The summed E-state index contributed by atoms with van der Waals surface area (Å²) in [7, 11) is -4.51. The van der Waals surface area contributed by atoms with E-state index in [9.17, 15) is 13.2 Å². The van der Waals surface area contributed by atoms with Gasteiger partial charge < -0.3 is 0 Å². The molecule has 0 heterocycles. The van der Waals surface area contributed by atoms with Crippen molar-refractivity contribution in [2.24, 2.45) is 0 Å². The fourth-order valence-corrected chi connectivity index (χ4v) is 0.905. The number of carbonyl (C=O) groups excluding carboxylic acids is 1. The summed E-state index contributed by atoms with van der Waals surface area (Å²) in [5.41, 5.74) is 1.17. The van der Waals surface area contributed by atoms with Crippen molar-refractivity contribution in [3.63, 3.8) is 0 Å². The lowest BCUT2D eigenvalue weighted by molar-refractivity contribution is -0.108. The first-order valence-electron chi connectivity index (χ1n) is 4.23. The minimum atomic E-state index is -4.51. The molecule has 0 saturated carbocycles. The molecular formula is C11H12O4S. The minimum absolute atomic E-state index is 0.523. The topological polar surface area (TPSA) is 71.4 Å². The summed E-state index contributed by atoms with van der Waals surface area (Å²) in [6.45, 7) is 6.47. The van der Waals surface area contributed by atoms with Gasteiger partial charge in [0.25, 0.3) is 5.12 Å². The van der Waals surface area contributed by atoms with Crippen molar-refractivity contribution in [1.29, 1.82) is 0 Å². The Morgan fingerprint density at radius 3 is 1.88 bits per heavy atom. The van der Waals surface area contributed by atoms with Crippen LogP contribution in [0.3, 0.4) is 0 Å². The van der Waals surface area contributed by atoms with Crippen LogP contribution >= 0.6 is 0 Å². The van der Waals surface area contributed by atoms with Crippen molar-refractivity contribution in [2.45, 2.75) is 0 Å². The van der Waals surface area contributed by atoms with Crippen molar-refractivity contribution >= 4 is 21.3 Å². The van der Waals surface area contributed by atoms with Crippen LogP contribution in [0.1, 0.15) is 5.56 Å². The molecule has 0 aromatic heterocycles. The van der Waals surface area contributed by atoms with Gasteiger partial charge in [0.2, 0.25) is 0 Å². The van der Waals surface area contributed by atoms with E-state index in [1.165, 1.54) is 5.56 Å². The number of benzene rings is 1.